The molecule has 15 heavy (non-hydrogen) atoms. The van der Waals surface area contributed by atoms with E-state index in [9.17, 15) is 4.79 Å². The number of nitrogens with two attached hydrogens (primary N) is 1. The number of carboxylic acids is 1. The van der Waals surface area contributed by atoms with Gasteiger partial charge in [-0.05, 0) is 17.7 Å². The molecule has 1 rings (SSSR count). The highest BCUT2D eigenvalue weighted by atomic mass is 35.5. The molecule has 4 nitrogen and oxygen atoms in total. The Morgan fingerprint density at radius 2 is 2.33 bits per heavy atom. The van der Waals surface area contributed by atoms with Crippen molar-refractivity contribution < 1.29 is 14.6 Å². The van der Waals surface area contributed by atoms with Crippen LogP contribution in [0, 0.1) is 0 Å². The number of benzene rings is 1. The Morgan fingerprint density at radius 3 is 2.93 bits per heavy atom. The van der Waals surface area contributed by atoms with Crippen LogP contribution in [0.15, 0.2) is 24.3 Å². The average molecular weight is 230 g/mol. The van der Waals surface area contributed by atoms with E-state index in [-0.39, 0.29) is 6.61 Å². The normalized spacial score (nSPS) is 12.4. The summed E-state index contributed by atoms with van der Waals surface area (Å²) >= 11 is 5.76. The number of hydrogen-bond donors (Lipinski definition) is 2. The standard InChI is InChI=1S/C10H12ClNO3/c11-8-3-1-2-7(4-8)5-15-6-9(12)10(13)14/h1-4,9H,5-6,12H2,(H,13,14)/t9-/m0/s1. The predicted molar refractivity (Wildman–Crippen MR) is 56.7 cm³/mol. The van der Waals surface area contributed by atoms with Crippen molar-refractivity contribution in [3.05, 3.63) is 34.9 Å². The monoisotopic (exact) mass is 229 g/mol. The molecule has 82 valence electrons. The first-order chi connectivity index (χ1) is 7.09. The summed E-state index contributed by atoms with van der Waals surface area (Å²) in [5.41, 5.74) is 6.15. The highest BCUT2D eigenvalue weighted by Gasteiger charge is 2.10. The van der Waals surface area contributed by atoms with Crippen molar-refractivity contribution in [1.82, 2.24) is 0 Å². The summed E-state index contributed by atoms with van der Waals surface area (Å²) in [5.74, 6) is -1.07. The van der Waals surface area contributed by atoms with Crippen molar-refractivity contribution in [2.45, 2.75) is 12.6 Å². The fraction of sp³-hybridized carbons (Fsp3) is 0.300. The van der Waals surface area contributed by atoms with E-state index in [4.69, 9.17) is 27.2 Å². The van der Waals surface area contributed by atoms with Crippen LogP contribution in [0.1, 0.15) is 5.56 Å². The van der Waals surface area contributed by atoms with Crippen LogP contribution in [-0.2, 0) is 16.1 Å². The quantitative estimate of drug-likeness (QED) is 0.798. The van der Waals surface area contributed by atoms with E-state index in [1.807, 2.05) is 6.07 Å². The summed E-state index contributed by atoms with van der Waals surface area (Å²) < 4.78 is 5.13. The van der Waals surface area contributed by atoms with Crippen LogP contribution in [0.4, 0.5) is 0 Å². The molecule has 3 N–H and O–H groups in total. The summed E-state index contributed by atoms with van der Waals surface area (Å²) in [6.07, 6.45) is 0. The molecule has 0 saturated heterocycles. The van der Waals surface area contributed by atoms with Crippen molar-refractivity contribution in [2.75, 3.05) is 6.61 Å². The van der Waals surface area contributed by atoms with Gasteiger partial charge in [-0.1, -0.05) is 23.7 Å². The molecule has 0 unspecified atom stereocenters. The summed E-state index contributed by atoms with van der Waals surface area (Å²) in [5, 5.41) is 9.12. The highest BCUT2D eigenvalue weighted by molar-refractivity contribution is 6.30. The molecule has 0 radical (unpaired) electrons. The molecule has 0 fully saturated rings. The van der Waals surface area contributed by atoms with Crippen molar-refractivity contribution in [2.24, 2.45) is 5.73 Å². The Bertz CT molecular complexity index is 343. The molecule has 0 aliphatic carbocycles. The van der Waals surface area contributed by atoms with E-state index < -0.39 is 12.0 Å². The number of carboxylic acid groups (broad SMARTS) is 1. The summed E-state index contributed by atoms with van der Waals surface area (Å²) in [6.45, 7) is 0.295. The first-order valence-electron chi connectivity index (χ1n) is 4.40. The van der Waals surface area contributed by atoms with E-state index in [1.165, 1.54) is 0 Å². The number of aliphatic carboxylic acids is 1. The first kappa shape index (κ1) is 12.0. The molecule has 1 aromatic rings. The van der Waals surface area contributed by atoms with E-state index in [0.29, 0.717) is 11.6 Å². The topological polar surface area (TPSA) is 72.5 Å². The Kier molecular flexibility index (Phi) is 4.55. The lowest BCUT2D eigenvalue weighted by Crippen LogP contribution is -2.34. The second-order valence-corrected chi connectivity index (χ2v) is 3.53. The second-order valence-electron chi connectivity index (χ2n) is 3.09. The zero-order valence-electron chi connectivity index (χ0n) is 8.02. The number of hydrogen-bond acceptors (Lipinski definition) is 3. The van der Waals surface area contributed by atoms with Gasteiger partial charge in [-0.15, -0.1) is 0 Å². The van der Waals surface area contributed by atoms with E-state index in [2.05, 4.69) is 0 Å². The molecular weight excluding hydrogens is 218 g/mol. The Labute approximate surface area is 92.6 Å². The molecule has 0 saturated carbocycles. The third-order valence-electron chi connectivity index (χ3n) is 1.77. The number of carbonyl (C=O) groups is 1. The SMILES string of the molecule is N[C@@H](COCc1cccc(Cl)c1)C(=O)O. The van der Waals surface area contributed by atoms with Crippen molar-refractivity contribution in [3.8, 4) is 0 Å². The molecule has 0 aromatic heterocycles. The van der Waals surface area contributed by atoms with Crippen molar-refractivity contribution in [3.63, 3.8) is 0 Å². The fourth-order valence-corrected chi connectivity index (χ4v) is 1.21. The molecule has 0 aliphatic rings. The first-order valence-corrected chi connectivity index (χ1v) is 4.78. The minimum Gasteiger partial charge on any atom is -0.480 e. The lowest BCUT2D eigenvalue weighted by atomic mass is 10.2. The van der Waals surface area contributed by atoms with Gasteiger partial charge in [0, 0.05) is 5.02 Å². The van der Waals surface area contributed by atoms with Gasteiger partial charge in [0.05, 0.1) is 13.2 Å². The molecule has 0 spiro atoms. The molecule has 0 amide bonds. The van der Waals surface area contributed by atoms with Crippen molar-refractivity contribution in [1.29, 1.82) is 0 Å². The zero-order valence-corrected chi connectivity index (χ0v) is 8.78. The van der Waals surface area contributed by atoms with Crippen LogP contribution < -0.4 is 5.73 Å². The second kappa shape index (κ2) is 5.70. The molecule has 5 heteroatoms. The van der Waals surface area contributed by atoms with Gasteiger partial charge in [0.25, 0.3) is 0 Å². The smallest absolute Gasteiger partial charge is 0.322 e. The maximum Gasteiger partial charge on any atom is 0.322 e. The third-order valence-corrected chi connectivity index (χ3v) is 2.01. The average Bonchev–Trinajstić information content (AvgIpc) is 2.17. The maximum absolute atomic E-state index is 10.4. The Balaban J connectivity index is 2.35. The predicted octanol–water partition coefficient (Wildman–Crippen LogP) is 1.27. The highest BCUT2D eigenvalue weighted by Crippen LogP contribution is 2.11. The molecular formula is C10H12ClNO3. The Morgan fingerprint density at radius 1 is 1.60 bits per heavy atom. The number of halogens is 1. The van der Waals surface area contributed by atoms with Gasteiger partial charge in [-0.3, -0.25) is 4.79 Å². The largest absolute Gasteiger partial charge is 0.480 e. The third kappa shape index (κ3) is 4.29. The van der Waals surface area contributed by atoms with Gasteiger partial charge < -0.3 is 15.6 Å². The van der Waals surface area contributed by atoms with Crippen molar-refractivity contribution >= 4 is 17.6 Å². The van der Waals surface area contributed by atoms with Gasteiger partial charge in [-0.25, -0.2) is 0 Å². The minimum atomic E-state index is -1.07. The number of ether oxygens (including phenoxy) is 1. The summed E-state index contributed by atoms with van der Waals surface area (Å²) in [6, 6.07) is 6.18. The van der Waals surface area contributed by atoms with Gasteiger partial charge in [0.2, 0.25) is 0 Å². The molecule has 0 heterocycles. The molecule has 0 bridgehead atoms. The van der Waals surface area contributed by atoms with Crippen LogP contribution in [0.3, 0.4) is 0 Å². The number of rotatable bonds is 5. The lowest BCUT2D eigenvalue weighted by molar-refractivity contribution is -0.140. The van der Waals surface area contributed by atoms with Gasteiger partial charge in [0.15, 0.2) is 0 Å². The minimum absolute atomic E-state index is 0.0121. The summed E-state index contributed by atoms with van der Waals surface area (Å²) in [4.78, 5) is 10.4. The lowest BCUT2D eigenvalue weighted by Gasteiger charge is -2.07. The fourth-order valence-electron chi connectivity index (χ4n) is 1.00. The van der Waals surface area contributed by atoms with Crippen LogP contribution >= 0.6 is 11.6 Å². The van der Waals surface area contributed by atoms with Gasteiger partial charge >= 0.3 is 5.97 Å². The van der Waals surface area contributed by atoms with Crippen LogP contribution in [-0.4, -0.2) is 23.7 Å². The molecule has 0 aliphatic heterocycles. The summed E-state index contributed by atoms with van der Waals surface area (Å²) in [7, 11) is 0. The zero-order chi connectivity index (χ0) is 11.3. The van der Waals surface area contributed by atoms with Crippen LogP contribution in [0.2, 0.25) is 5.02 Å². The van der Waals surface area contributed by atoms with E-state index >= 15 is 0 Å². The van der Waals surface area contributed by atoms with Crippen LogP contribution in [0.25, 0.3) is 0 Å². The molecule has 1 aromatic carbocycles. The Hall–Kier alpha value is -1.10. The molecule has 1 atom stereocenters. The van der Waals surface area contributed by atoms with Gasteiger partial charge in [-0.2, -0.15) is 0 Å². The van der Waals surface area contributed by atoms with E-state index in [1.54, 1.807) is 18.2 Å². The van der Waals surface area contributed by atoms with E-state index in [0.717, 1.165) is 5.56 Å². The van der Waals surface area contributed by atoms with Gasteiger partial charge in [0.1, 0.15) is 6.04 Å². The van der Waals surface area contributed by atoms with Crippen LogP contribution in [0.5, 0.6) is 0 Å². The maximum atomic E-state index is 10.4.